The summed E-state index contributed by atoms with van der Waals surface area (Å²) in [7, 11) is 0. The van der Waals surface area contributed by atoms with Crippen LogP contribution in [0.3, 0.4) is 0 Å². The van der Waals surface area contributed by atoms with Gasteiger partial charge in [-0.05, 0) is 0 Å². The predicted octanol–water partition coefficient (Wildman–Crippen LogP) is -0.842. The van der Waals surface area contributed by atoms with Crippen molar-refractivity contribution in [2.75, 3.05) is 13.2 Å². The summed E-state index contributed by atoms with van der Waals surface area (Å²) < 4.78 is 10.6. The van der Waals surface area contributed by atoms with Crippen LogP contribution >= 0.6 is 0 Å². The molecule has 0 unspecified atom stereocenters. The van der Waals surface area contributed by atoms with Gasteiger partial charge < -0.3 is 24.0 Å². The van der Waals surface area contributed by atoms with Crippen molar-refractivity contribution in [1.29, 1.82) is 0 Å². The average Bonchev–Trinajstić information content (AvgIpc) is 2.03. The summed E-state index contributed by atoms with van der Waals surface area (Å²) >= 11 is -0.189. The van der Waals surface area contributed by atoms with Gasteiger partial charge in [0.25, 0.3) is 0 Å². The molecular formula is C8H18AlIO2. The van der Waals surface area contributed by atoms with E-state index in [-0.39, 0.29) is 39.9 Å². The summed E-state index contributed by atoms with van der Waals surface area (Å²) in [6.45, 7) is 6.07. The van der Waals surface area contributed by atoms with Crippen molar-refractivity contribution in [3.8, 4) is 0 Å². The molecule has 72 valence electrons. The zero-order valence-electron chi connectivity index (χ0n) is 8.01. The Morgan fingerprint density at radius 3 is 1.67 bits per heavy atom. The molecule has 0 aromatic heterocycles. The standard InChI is InChI=1S/2C4H9O.Al.HI/c2*1-2-3-4-5;;/h2*2-4H2,1H3;;1H/q2*-1;+3;/p-1. The second kappa shape index (κ2) is 14.7. The van der Waals surface area contributed by atoms with Crippen LogP contribution in [0.4, 0.5) is 0 Å². The van der Waals surface area contributed by atoms with Crippen molar-refractivity contribution in [2.45, 2.75) is 39.5 Å². The zero-order chi connectivity index (χ0) is 8.36. The van der Waals surface area contributed by atoms with Crippen LogP contribution in [0.5, 0.6) is 0 Å². The van der Waals surface area contributed by atoms with Crippen LogP contribution < -0.4 is 24.0 Å². The smallest absolute Gasteiger partial charge is 1.00 e. The van der Waals surface area contributed by atoms with E-state index in [0.717, 1.165) is 26.1 Å². The molecule has 2 nitrogen and oxygen atoms in total. The molecule has 0 atom stereocenters. The predicted molar refractivity (Wildman–Crippen MR) is 47.5 cm³/mol. The molecular weight excluding hydrogens is 282 g/mol. The summed E-state index contributed by atoms with van der Waals surface area (Å²) in [6.07, 6.45) is 4.72. The number of hydrogen-bond acceptors (Lipinski definition) is 2. The molecule has 0 aliphatic heterocycles. The van der Waals surface area contributed by atoms with Gasteiger partial charge in [0.05, 0.1) is 0 Å². The van der Waals surface area contributed by atoms with Crippen molar-refractivity contribution in [1.82, 2.24) is 0 Å². The van der Waals surface area contributed by atoms with E-state index in [2.05, 4.69) is 13.8 Å². The first-order valence-electron chi connectivity index (χ1n) is 4.46. The maximum absolute atomic E-state index is 5.28. The Hall–Kier alpha value is 1.18. The van der Waals surface area contributed by atoms with Gasteiger partial charge >= 0.3 is 76.2 Å². The van der Waals surface area contributed by atoms with Crippen LogP contribution in [0.25, 0.3) is 0 Å². The van der Waals surface area contributed by atoms with Gasteiger partial charge in [0.1, 0.15) is 0 Å². The Morgan fingerprint density at radius 2 is 1.33 bits per heavy atom. The molecule has 0 amide bonds. The van der Waals surface area contributed by atoms with Crippen molar-refractivity contribution in [3.05, 3.63) is 0 Å². The molecule has 0 N–H and O–H groups in total. The molecule has 0 heterocycles. The first kappa shape index (κ1) is 15.6. The van der Waals surface area contributed by atoms with E-state index in [0.29, 0.717) is 0 Å². The van der Waals surface area contributed by atoms with Crippen LogP contribution in [0, 0.1) is 0 Å². The van der Waals surface area contributed by atoms with Crippen LogP contribution in [0.15, 0.2) is 0 Å². The van der Waals surface area contributed by atoms with E-state index < -0.39 is 0 Å². The Morgan fingerprint density at radius 1 is 0.917 bits per heavy atom. The van der Waals surface area contributed by atoms with Gasteiger partial charge in [0.15, 0.2) is 0 Å². The summed E-state index contributed by atoms with van der Waals surface area (Å²) in [4.78, 5) is 0. The first-order chi connectivity index (χ1) is 5.41. The summed E-state index contributed by atoms with van der Waals surface area (Å²) in [5.41, 5.74) is 0. The number of halogens is 1. The normalized spacial score (nSPS) is 8.83. The molecule has 0 bridgehead atoms. The largest absolute Gasteiger partial charge is 1.00 e. The third kappa shape index (κ3) is 13.8. The quantitative estimate of drug-likeness (QED) is 0.331. The molecule has 0 saturated carbocycles. The van der Waals surface area contributed by atoms with E-state index in [1.807, 2.05) is 0 Å². The molecule has 0 fully saturated rings. The van der Waals surface area contributed by atoms with E-state index >= 15 is 0 Å². The van der Waals surface area contributed by atoms with Gasteiger partial charge in [-0.3, -0.25) is 0 Å². The molecule has 0 aliphatic carbocycles. The van der Waals surface area contributed by atoms with Crippen LogP contribution in [-0.2, 0) is 7.58 Å². The van der Waals surface area contributed by atoms with Gasteiger partial charge in [-0.15, -0.1) is 0 Å². The molecule has 12 heavy (non-hydrogen) atoms. The van der Waals surface area contributed by atoms with Gasteiger partial charge in [-0.1, -0.05) is 0 Å². The van der Waals surface area contributed by atoms with Crippen molar-refractivity contribution >= 4 is 15.9 Å². The summed E-state index contributed by atoms with van der Waals surface area (Å²) in [5, 5.41) is 0. The molecule has 0 radical (unpaired) electrons. The van der Waals surface area contributed by atoms with E-state index in [1.165, 1.54) is 12.8 Å². The van der Waals surface area contributed by atoms with E-state index in [9.17, 15) is 0 Å². The monoisotopic (exact) mass is 300 g/mol. The molecule has 0 saturated heterocycles. The fourth-order valence-corrected chi connectivity index (χ4v) is 1.22. The van der Waals surface area contributed by atoms with E-state index in [4.69, 9.17) is 7.58 Å². The van der Waals surface area contributed by atoms with Gasteiger partial charge in [0.2, 0.25) is 0 Å². The minimum absolute atomic E-state index is 0. The Balaban J connectivity index is 0. The maximum Gasteiger partial charge on any atom is -1.00 e. The van der Waals surface area contributed by atoms with E-state index in [1.54, 1.807) is 0 Å². The fraction of sp³-hybridized carbons (Fsp3) is 1.00. The topological polar surface area (TPSA) is 18.5 Å². The Bertz CT molecular complexity index is 66.1. The third-order valence-electron chi connectivity index (χ3n) is 1.37. The van der Waals surface area contributed by atoms with Crippen LogP contribution in [0.2, 0.25) is 0 Å². The van der Waals surface area contributed by atoms with Gasteiger partial charge in [-0.25, -0.2) is 0 Å². The minimum Gasteiger partial charge on any atom is -1.00 e. The molecule has 4 heteroatoms. The van der Waals surface area contributed by atoms with Crippen molar-refractivity contribution in [3.63, 3.8) is 0 Å². The average molecular weight is 300 g/mol. The number of hydrogen-bond donors (Lipinski definition) is 0. The zero-order valence-corrected chi connectivity index (χ0v) is 11.3. The summed E-state index contributed by atoms with van der Waals surface area (Å²) in [5.74, 6) is 0. The van der Waals surface area contributed by atoms with Crippen molar-refractivity contribution in [2.24, 2.45) is 0 Å². The van der Waals surface area contributed by atoms with Gasteiger partial charge in [0, 0.05) is 0 Å². The molecule has 0 aliphatic rings. The van der Waals surface area contributed by atoms with Crippen molar-refractivity contribution < 1.29 is 31.6 Å². The summed E-state index contributed by atoms with van der Waals surface area (Å²) in [6, 6.07) is 0. The molecule has 0 spiro atoms. The Labute approximate surface area is 99.8 Å². The minimum atomic E-state index is -0.189. The number of rotatable bonds is 8. The second-order valence-electron chi connectivity index (χ2n) is 2.54. The van der Waals surface area contributed by atoms with Gasteiger partial charge in [-0.2, -0.15) is 0 Å². The molecule has 0 aromatic rings. The molecule has 0 rings (SSSR count). The Kier molecular flexibility index (Phi) is 19.2. The third-order valence-corrected chi connectivity index (χ3v) is 2.11. The number of unbranched alkanes of at least 4 members (excludes halogenated alkanes) is 2. The van der Waals surface area contributed by atoms with Crippen LogP contribution in [0.1, 0.15) is 39.5 Å². The fourth-order valence-electron chi connectivity index (χ4n) is 0.600. The second-order valence-corrected chi connectivity index (χ2v) is 3.40. The SMILES string of the molecule is CCCC[O][Al+][O]CCCC.[I-]. The first-order valence-corrected chi connectivity index (χ1v) is 5.41. The maximum atomic E-state index is 5.28. The molecule has 0 aromatic carbocycles. The van der Waals surface area contributed by atoms with Crippen LogP contribution in [-0.4, -0.2) is 29.1 Å².